The lowest BCUT2D eigenvalue weighted by Crippen LogP contribution is -1.94. The number of hydrogen-bond acceptors (Lipinski definition) is 3. The SMILES string of the molecule is CCC(C=N)=NO. The van der Waals surface area contributed by atoms with Crippen LogP contribution in [0.2, 0.25) is 0 Å². The highest BCUT2D eigenvalue weighted by atomic mass is 16.4. The smallest absolute Gasteiger partial charge is 0.0967 e. The molecule has 2 N–H and O–H groups in total. The summed E-state index contributed by atoms with van der Waals surface area (Å²) < 4.78 is 0. The Morgan fingerprint density at radius 2 is 2.57 bits per heavy atom. The molecule has 0 saturated heterocycles. The lowest BCUT2D eigenvalue weighted by atomic mass is 10.3. The van der Waals surface area contributed by atoms with Crippen molar-refractivity contribution in [3.63, 3.8) is 0 Å². The average molecular weight is 100 g/mol. The van der Waals surface area contributed by atoms with E-state index >= 15 is 0 Å². The number of nitrogens with zero attached hydrogens (tertiary/aromatic N) is 1. The summed E-state index contributed by atoms with van der Waals surface area (Å²) in [7, 11) is 0. The maximum atomic E-state index is 7.96. The van der Waals surface area contributed by atoms with Crippen molar-refractivity contribution in [2.45, 2.75) is 13.3 Å². The molecule has 0 heterocycles. The van der Waals surface area contributed by atoms with Crippen molar-refractivity contribution in [1.29, 1.82) is 5.41 Å². The second kappa shape index (κ2) is 3.33. The fourth-order valence-corrected chi connectivity index (χ4v) is 0.202. The van der Waals surface area contributed by atoms with E-state index in [1.807, 2.05) is 6.92 Å². The van der Waals surface area contributed by atoms with Gasteiger partial charge in [0.05, 0.1) is 5.71 Å². The van der Waals surface area contributed by atoms with Gasteiger partial charge in [0.25, 0.3) is 0 Å². The van der Waals surface area contributed by atoms with E-state index in [1.165, 1.54) is 0 Å². The van der Waals surface area contributed by atoms with E-state index in [1.54, 1.807) is 0 Å². The lowest BCUT2D eigenvalue weighted by Gasteiger charge is -1.83. The van der Waals surface area contributed by atoms with E-state index in [-0.39, 0.29) is 0 Å². The lowest BCUT2D eigenvalue weighted by molar-refractivity contribution is 0.319. The average Bonchev–Trinajstić information content (AvgIpc) is 1.72. The molecule has 0 spiro atoms. The number of oxime groups is 1. The second-order valence-corrected chi connectivity index (χ2v) is 1.09. The fourth-order valence-electron chi connectivity index (χ4n) is 0.202. The van der Waals surface area contributed by atoms with Crippen LogP contribution in [0.3, 0.4) is 0 Å². The van der Waals surface area contributed by atoms with Crippen LogP contribution in [0.15, 0.2) is 5.16 Å². The summed E-state index contributed by atoms with van der Waals surface area (Å²) in [5.41, 5.74) is 0.403. The van der Waals surface area contributed by atoms with E-state index in [9.17, 15) is 0 Å². The van der Waals surface area contributed by atoms with Crippen molar-refractivity contribution < 1.29 is 5.21 Å². The van der Waals surface area contributed by atoms with Crippen LogP contribution in [0.25, 0.3) is 0 Å². The van der Waals surface area contributed by atoms with Gasteiger partial charge in [0.1, 0.15) is 0 Å². The normalized spacial score (nSPS) is 11.3. The molecule has 0 amide bonds. The van der Waals surface area contributed by atoms with E-state index in [0.717, 1.165) is 6.21 Å². The third-order valence-electron chi connectivity index (χ3n) is 0.657. The van der Waals surface area contributed by atoms with Crippen molar-refractivity contribution >= 4 is 11.9 Å². The first kappa shape index (κ1) is 6.14. The molecule has 0 aliphatic heterocycles. The van der Waals surface area contributed by atoms with Gasteiger partial charge in [0.2, 0.25) is 0 Å². The molecule has 0 atom stereocenters. The fraction of sp³-hybridized carbons (Fsp3) is 0.500. The second-order valence-electron chi connectivity index (χ2n) is 1.09. The maximum absolute atomic E-state index is 7.96. The summed E-state index contributed by atoms with van der Waals surface area (Å²) in [5.74, 6) is 0. The molecule has 0 radical (unpaired) electrons. The summed E-state index contributed by atoms with van der Waals surface area (Å²) in [5, 5.41) is 17.3. The maximum Gasteiger partial charge on any atom is 0.0967 e. The van der Waals surface area contributed by atoms with Crippen LogP contribution in [0.1, 0.15) is 13.3 Å². The topological polar surface area (TPSA) is 56.4 Å². The number of hydrogen-bond donors (Lipinski definition) is 2. The minimum absolute atomic E-state index is 0.403. The Labute approximate surface area is 42.2 Å². The van der Waals surface area contributed by atoms with Crippen LogP contribution < -0.4 is 0 Å². The van der Waals surface area contributed by atoms with Crippen LogP contribution in [0.4, 0.5) is 0 Å². The molecule has 3 nitrogen and oxygen atoms in total. The van der Waals surface area contributed by atoms with Gasteiger partial charge in [-0.3, -0.25) is 0 Å². The van der Waals surface area contributed by atoms with Crippen LogP contribution in [0, 0.1) is 5.41 Å². The minimum Gasteiger partial charge on any atom is -0.411 e. The highest BCUT2D eigenvalue weighted by molar-refractivity contribution is 6.29. The Hall–Kier alpha value is -0.860. The van der Waals surface area contributed by atoms with Crippen molar-refractivity contribution in [2.24, 2.45) is 5.16 Å². The van der Waals surface area contributed by atoms with Gasteiger partial charge in [0, 0.05) is 6.21 Å². The van der Waals surface area contributed by atoms with E-state index in [0.29, 0.717) is 12.1 Å². The molecule has 0 aromatic carbocycles. The molecule has 0 aromatic heterocycles. The van der Waals surface area contributed by atoms with E-state index < -0.39 is 0 Å². The molecule has 0 unspecified atom stereocenters. The summed E-state index contributed by atoms with van der Waals surface area (Å²) in [4.78, 5) is 0. The van der Waals surface area contributed by atoms with Crippen molar-refractivity contribution in [3.8, 4) is 0 Å². The zero-order chi connectivity index (χ0) is 5.70. The third-order valence-corrected chi connectivity index (χ3v) is 0.657. The Morgan fingerprint density at radius 3 is 2.57 bits per heavy atom. The Kier molecular flexibility index (Phi) is 2.92. The predicted molar refractivity (Wildman–Crippen MR) is 28.3 cm³/mol. The quantitative estimate of drug-likeness (QED) is 0.302. The monoisotopic (exact) mass is 100 g/mol. The third kappa shape index (κ3) is 1.92. The Morgan fingerprint density at radius 1 is 2.00 bits per heavy atom. The van der Waals surface area contributed by atoms with Crippen molar-refractivity contribution in [1.82, 2.24) is 0 Å². The van der Waals surface area contributed by atoms with Crippen LogP contribution >= 0.6 is 0 Å². The van der Waals surface area contributed by atoms with E-state index in [4.69, 9.17) is 10.6 Å². The molecule has 0 fully saturated rings. The molecule has 0 saturated carbocycles. The molecule has 0 aliphatic carbocycles. The highest BCUT2D eigenvalue weighted by Crippen LogP contribution is 1.76. The first-order chi connectivity index (χ1) is 3.35. The Bertz CT molecular complexity index is 87.7. The van der Waals surface area contributed by atoms with Gasteiger partial charge < -0.3 is 10.6 Å². The predicted octanol–water partition coefficient (Wildman–Crippen LogP) is 0.876. The van der Waals surface area contributed by atoms with Gasteiger partial charge in [-0.05, 0) is 6.42 Å². The first-order valence-corrected chi connectivity index (χ1v) is 2.06. The Balaban J connectivity index is 3.60. The van der Waals surface area contributed by atoms with Gasteiger partial charge in [-0.25, -0.2) is 0 Å². The van der Waals surface area contributed by atoms with Crippen molar-refractivity contribution in [3.05, 3.63) is 0 Å². The summed E-state index contributed by atoms with van der Waals surface area (Å²) in [6, 6.07) is 0. The molecule has 0 aliphatic rings. The zero-order valence-corrected chi connectivity index (χ0v) is 4.18. The summed E-state index contributed by atoms with van der Waals surface area (Å²) in [6.07, 6.45) is 1.64. The molecule has 0 bridgehead atoms. The molecule has 0 rings (SSSR count). The number of rotatable bonds is 2. The van der Waals surface area contributed by atoms with Gasteiger partial charge >= 0.3 is 0 Å². The molecule has 3 heteroatoms. The summed E-state index contributed by atoms with van der Waals surface area (Å²) >= 11 is 0. The van der Waals surface area contributed by atoms with Gasteiger partial charge in [-0.2, -0.15) is 0 Å². The first-order valence-electron chi connectivity index (χ1n) is 2.06. The molecular weight excluding hydrogens is 92.1 g/mol. The molecular formula is C4H8N2O. The largest absolute Gasteiger partial charge is 0.411 e. The highest BCUT2D eigenvalue weighted by Gasteiger charge is 1.84. The van der Waals surface area contributed by atoms with Crippen molar-refractivity contribution in [2.75, 3.05) is 0 Å². The van der Waals surface area contributed by atoms with Crippen LogP contribution in [0.5, 0.6) is 0 Å². The number of nitrogens with one attached hydrogen (secondary N) is 1. The minimum atomic E-state index is 0.403. The van der Waals surface area contributed by atoms with Crippen LogP contribution in [-0.4, -0.2) is 17.1 Å². The molecule has 7 heavy (non-hydrogen) atoms. The van der Waals surface area contributed by atoms with Gasteiger partial charge in [-0.1, -0.05) is 12.1 Å². The standard InChI is InChI=1S/C4H8N2O/c1-2-4(3-5)6-7/h3,5,7H,2H2,1H3. The molecule has 0 aromatic rings. The van der Waals surface area contributed by atoms with Crippen LogP contribution in [-0.2, 0) is 0 Å². The van der Waals surface area contributed by atoms with Gasteiger partial charge in [-0.15, -0.1) is 0 Å². The zero-order valence-electron chi connectivity index (χ0n) is 4.18. The van der Waals surface area contributed by atoms with Gasteiger partial charge in [0.15, 0.2) is 0 Å². The molecule has 40 valence electrons. The summed E-state index contributed by atoms with van der Waals surface area (Å²) in [6.45, 7) is 1.82. The van der Waals surface area contributed by atoms with E-state index in [2.05, 4.69) is 5.16 Å².